The molecule has 5 heteroatoms. The van der Waals surface area contributed by atoms with Crippen molar-refractivity contribution in [3.05, 3.63) is 23.4 Å². The Morgan fingerprint density at radius 2 is 1.95 bits per heavy atom. The van der Waals surface area contributed by atoms with E-state index < -0.39 is 0 Å². The predicted molar refractivity (Wildman–Crippen MR) is 83.7 cm³/mol. The Hall–Kier alpha value is -1.07. The quantitative estimate of drug-likeness (QED) is 0.846. The van der Waals surface area contributed by atoms with Gasteiger partial charge in [-0.1, -0.05) is 18.7 Å². The fourth-order valence-corrected chi connectivity index (χ4v) is 3.69. The number of piperidine rings is 1. The highest BCUT2D eigenvalue weighted by molar-refractivity contribution is 7.97. The normalized spacial score (nSPS) is 21.9. The van der Waals surface area contributed by atoms with Crippen LogP contribution in [0.4, 0.5) is 5.82 Å². The molecule has 0 amide bonds. The lowest BCUT2D eigenvalue weighted by Gasteiger charge is -2.53. The zero-order chi connectivity index (χ0) is 14.3. The van der Waals surface area contributed by atoms with E-state index in [4.69, 9.17) is 0 Å². The van der Waals surface area contributed by atoms with Crippen LogP contribution in [-0.2, 0) is 0 Å². The summed E-state index contributed by atoms with van der Waals surface area (Å²) in [7, 11) is 2.19. The first-order valence-electron chi connectivity index (χ1n) is 7.14. The molecule has 0 bridgehead atoms. The second-order valence-corrected chi connectivity index (χ2v) is 6.71. The molecule has 0 saturated carbocycles. The van der Waals surface area contributed by atoms with Gasteiger partial charge < -0.3 is 9.80 Å². The van der Waals surface area contributed by atoms with Gasteiger partial charge in [0.25, 0.3) is 0 Å². The molecular weight excluding hydrogens is 270 g/mol. The highest BCUT2D eigenvalue weighted by Gasteiger charge is 2.43. The maximum Gasteiger partial charge on any atom is 0.234 e. The average molecular weight is 291 g/mol. The molecule has 1 spiro atoms. The van der Waals surface area contributed by atoms with Gasteiger partial charge >= 0.3 is 0 Å². The van der Waals surface area contributed by atoms with Crippen molar-refractivity contribution < 1.29 is 4.79 Å². The minimum Gasteiger partial charge on any atom is -0.356 e. The summed E-state index contributed by atoms with van der Waals surface area (Å²) in [4.78, 5) is 20.6. The van der Waals surface area contributed by atoms with Crippen LogP contribution >= 0.6 is 12.6 Å². The summed E-state index contributed by atoms with van der Waals surface area (Å²) < 4.78 is 0. The van der Waals surface area contributed by atoms with E-state index in [1.807, 2.05) is 6.07 Å². The van der Waals surface area contributed by atoms with Gasteiger partial charge in [0.15, 0.2) is 0 Å². The summed E-state index contributed by atoms with van der Waals surface area (Å²) in [5.41, 5.74) is 2.11. The van der Waals surface area contributed by atoms with E-state index in [1.165, 1.54) is 25.9 Å². The number of hydrogen-bond donors (Lipinski definition) is 1. The predicted octanol–water partition coefficient (Wildman–Crippen LogP) is 1.99. The van der Waals surface area contributed by atoms with Gasteiger partial charge in [-0.2, -0.15) is 0 Å². The highest BCUT2D eigenvalue weighted by Crippen LogP contribution is 2.40. The van der Waals surface area contributed by atoms with E-state index in [0.717, 1.165) is 24.5 Å². The lowest BCUT2D eigenvalue weighted by Crippen LogP contribution is -2.58. The van der Waals surface area contributed by atoms with Gasteiger partial charge in [-0.15, -0.1) is 0 Å². The number of likely N-dealkylation sites (tertiary alicyclic amines) is 1. The first kappa shape index (κ1) is 13.9. The zero-order valence-electron chi connectivity index (χ0n) is 12.1. The SMILES string of the molecule is Cc1ccc(C(=O)S)nc1N1CCC2(CC1)CN(C)C2. The minimum atomic E-state index is -0.264. The number of aryl methyl sites for hydroxylation is 1. The molecule has 2 aliphatic heterocycles. The Labute approximate surface area is 125 Å². The topological polar surface area (TPSA) is 36.4 Å². The van der Waals surface area contributed by atoms with E-state index in [2.05, 4.69) is 41.4 Å². The fourth-order valence-electron chi connectivity index (χ4n) is 3.57. The van der Waals surface area contributed by atoms with Crippen molar-refractivity contribution >= 4 is 23.6 Å². The molecule has 20 heavy (non-hydrogen) atoms. The zero-order valence-corrected chi connectivity index (χ0v) is 13.0. The van der Waals surface area contributed by atoms with Crippen LogP contribution in [0.3, 0.4) is 0 Å². The minimum absolute atomic E-state index is 0.264. The average Bonchev–Trinajstić information content (AvgIpc) is 2.38. The van der Waals surface area contributed by atoms with E-state index in [0.29, 0.717) is 11.1 Å². The van der Waals surface area contributed by atoms with E-state index >= 15 is 0 Å². The molecule has 0 atom stereocenters. The van der Waals surface area contributed by atoms with Gasteiger partial charge in [-0.25, -0.2) is 4.98 Å². The van der Waals surface area contributed by atoms with Crippen molar-refractivity contribution in [1.82, 2.24) is 9.88 Å². The molecule has 0 radical (unpaired) electrons. The van der Waals surface area contributed by atoms with Crippen molar-refractivity contribution in [3.63, 3.8) is 0 Å². The Bertz CT molecular complexity index is 530. The number of pyridine rings is 1. The van der Waals surface area contributed by atoms with E-state index in [1.54, 1.807) is 6.07 Å². The van der Waals surface area contributed by atoms with Crippen molar-refractivity contribution in [3.8, 4) is 0 Å². The summed E-state index contributed by atoms with van der Waals surface area (Å²) in [6, 6.07) is 3.72. The van der Waals surface area contributed by atoms with Gasteiger partial charge in [0.1, 0.15) is 11.5 Å². The lowest BCUT2D eigenvalue weighted by atomic mass is 9.72. The first-order valence-corrected chi connectivity index (χ1v) is 7.58. The van der Waals surface area contributed by atoms with Crippen LogP contribution in [0, 0.1) is 12.3 Å². The van der Waals surface area contributed by atoms with Gasteiger partial charge in [-0.3, -0.25) is 4.79 Å². The Balaban J connectivity index is 1.74. The third-order valence-corrected chi connectivity index (χ3v) is 4.85. The van der Waals surface area contributed by atoms with Crippen LogP contribution in [0.2, 0.25) is 0 Å². The van der Waals surface area contributed by atoms with E-state index in [9.17, 15) is 4.79 Å². The van der Waals surface area contributed by atoms with Gasteiger partial charge in [-0.05, 0) is 43.9 Å². The number of aromatic nitrogens is 1. The fraction of sp³-hybridized carbons (Fsp3) is 0.600. The first-order chi connectivity index (χ1) is 9.49. The maximum atomic E-state index is 11.4. The summed E-state index contributed by atoms with van der Waals surface area (Å²) in [5.74, 6) is 0.951. The Morgan fingerprint density at radius 1 is 1.30 bits per heavy atom. The molecule has 108 valence electrons. The molecule has 2 fully saturated rings. The monoisotopic (exact) mass is 291 g/mol. The second-order valence-electron chi connectivity index (χ2n) is 6.30. The van der Waals surface area contributed by atoms with Crippen LogP contribution in [0.1, 0.15) is 28.9 Å². The van der Waals surface area contributed by atoms with Crippen molar-refractivity contribution in [2.45, 2.75) is 19.8 Å². The Morgan fingerprint density at radius 3 is 2.50 bits per heavy atom. The Kier molecular flexibility index (Phi) is 3.50. The molecular formula is C15H21N3OS. The van der Waals surface area contributed by atoms with Crippen LogP contribution in [0.5, 0.6) is 0 Å². The summed E-state index contributed by atoms with van der Waals surface area (Å²) in [6.07, 6.45) is 2.44. The molecule has 3 heterocycles. The number of anilines is 1. The number of nitrogens with zero attached hydrogens (tertiary/aromatic N) is 3. The largest absolute Gasteiger partial charge is 0.356 e. The van der Waals surface area contributed by atoms with E-state index in [-0.39, 0.29) is 5.12 Å². The third-order valence-electron chi connectivity index (χ3n) is 4.62. The number of rotatable bonds is 2. The van der Waals surface area contributed by atoms with Gasteiger partial charge in [0.05, 0.1) is 0 Å². The third kappa shape index (κ3) is 2.44. The molecule has 2 aliphatic rings. The summed E-state index contributed by atoms with van der Waals surface area (Å²) in [6.45, 7) is 6.57. The van der Waals surface area contributed by atoms with Gasteiger partial charge in [0, 0.05) is 26.2 Å². The summed E-state index contributed by atoms with van der Waals surface area (Å²) in [5, 5.41) is -0.264. The highest BCUT2D eigenvalue weighted by atomic mass is 32.1. The molecule has 0 unspecified atom stereocenters. The molecule has 0 aliphatic carbocycles. The summed E-state index contributed by atoms with van der Waals surface area (Å²) >= 11 is 3.87. The molecule has 1 aromatic rings. The molecule has 0 aromatic carbocycles. The number of hydrogen-bond acceptors (Lipinski definition) is 4. The standard InChI is InChI=1S/C15H21N3OS/c1-11-3-4-12(14(19)20)16-13(11)18-7-5-15(6-8-18)9-17(2)10-15/h3-4H,5-10H2,1-2H3,(H,19,20). The van der Waals surface area contributed by atoms with Crippen LogP contribution < -0.4 is 4.90 Å². The van der Waals surface area contributed by atoms with Crippen LogP contribution in [-0.4, -0.2) is 48.2 Å². The molecule has 1 aromatic heterocycles. The van der Waals surface area contributed by atoms with Crippen LogP contribution in [0.15, 0.2) is 12.1 Å². The molecule has 4 nitrogen and oxygen atoms in total. The molecule has 3 rings (SSSR count). The second kappa shape index (κ2) is 5.04. The van der Waals surface area contributed by atoms with Crippen LogP contribution in [0.25, 0.3) is 0 Å². The number of carbonyl (C=O) groups excluding carboxylic acids is 1. The molecule has 2 saturated heterocycles. The lowest BCUT2D eigenvalue weighted by molar-refractivity contribution is 0.00119. The smallest absolute Gasteiger partial charge is 0.234 e. The molecule has 0 N–H and O–H groups in total. The van der Waals surface area contributed by atoms with Crippen molar-refractivity contribution in [1.29, 1.82) is 0 Å². The van der Waals surface area contributed by atoms with Crippen molar-refractivity contribution in [2.75, 3.05) is 38.1 Å². The maximum absolute atomic E-state index is 11.4. The number of thiol groups is 1. The van der Waals surface area contributed by atoms with Gasteiger partial charge in [0.2, 0.25) is 5.12 Å². The number of carbonyl (C=O) groups is 1. The van der Waals surface area contributed by atoms with Crippen molar-refractivity contribution in [2.24, 2.45) is 5.41 Å².